The van der Waals surface area contributed by atoms with Gasteiger partial charge >= 0.3 is 6.09 Å². The molecule has 0 atom stereocenters. The van der Waals surface area contributed by atoms with E-state index in [-0.39, 0.29) is 17.6 Å². The molecular formula is C21H20N2O4S2. The van der Waals surface area contributed by atoms with Crippen molar-refractivity contribution in [2.75, 3.05) is 12.8 Å². The summed E-state index contributed by atoms with van der Waals surface area (Å²) < 4.78 is 28.7. The van der Waals surface area contributed by atoms with Crippen molar-refractivity contribution in [2.24, 2.45) is 0 Å². The second-order valence-electron chi connectivity index (χ2n) is 6.90. The number of benzene rings is 2. The maximum absolute atomic E-state index is 12.4. The molecule has 1 amide bonds. The van der Waals surface area contributed by atoms with E-state index < -0.39 is 9.84 Å². The van der Waals surface area contributed by atoms with Gasteiger partial charge in [0.15, 0.2) is 9.84 Å². The summed E-state index contributed by atoms with van der Waals surface area (Å²) in [4.78, 5) is 20.2. The maximum atomic E-state index is 12.4. The number of aromatic nitrogens is 1. The number of carbonyl (C=O) groups is 1. The number of thiazole rings is 1. The Morgan fingerprint density at radius 2 is 1.86 bits per heavy atom. The standard InChI is InChI=1S/C21H20N2O4S2/c1-29(25,26)17-9-7-16(8-10-17)20-22-18-13-23(12-11-19(18)28-20)21(24)27-14-15-5-3-2-4-6-15/h2-10H,11-14H2,1H3. The first-order valence-corrected chi connectivity index (χ1v) is 11.9. The van der Waals surface area contributed by atoms with Crippen molar-refractivity contribution in [2.45, 2.75) is 24.5 Å². The van der Waals surface area contributed by atoms with E-state index >= 15 is 0 Å². The largest absolute Gasteiger partial charge is 0.445 e. The fourth-order valence-electron chi connectivity index (χ4n) is 3.13. The summed E-state index contributed by atoms with van der Waals surface area (Å²) in [6.07, 6.45) is 1.58. The van der Waals surface area contributed by atoms with Crippen LogP contribution in [-0.4, -0.2) is 37.2 Å². The second-order valence-corrected chi connectivity index (χ2v) is 10.00. The topological polar surface area (TPSA) is 76.6 Å². The average molecular weight is 429 g/mol. The Hall–Kier alpha value is -2.71. The van der Waals surface area contributed by atoms with Gasteiger partial charge in [-0.15, -0.1) is 11.3 Å². The third-order valence-electron chi connectivity index (χ3n) is 4.72. The molecule has 0 unspecified atom stereocenters. The summed E-state index contributed by atoms with van der Waals surface area (Å²) in [6, 6.07) is 16.3. The van der Waals surface area contributed by atoms with Crippen molar-refractivity contribution in [1.82, 2.24) is 9.88 Å². The van der Waals surface area contributed by atoms with Crippen LogP contribution in [0.5, 0.6) is 0 Å². The number of hydrogen-bond donors (Lipinski definition) is 0. The molecule has 3 aromatic rings. The van der Waals surface area contributed by atoms with E-state index in [1.165, 1.54) is 6.26 Å². The molecule has 0 bridgehead atoms. The lowest BCUT2D eigenvalue weighted by Gasteiger charge is -2.25. The van der Waals surface area contributed by atoms with Gasteiger partial charge in [-0.1, -0.05) is 42.5 Å². The van der Waals surface area contributed by atoms with E-state index in [4.69, 9.17) is 4.74 Å². The second kappa shape index (κ2) is 7.96. The van der Waals surface area contributed by atoms with Gasteiger partial charge in [0.05, 0.1) is 17.1 Å². The Bertz CT molecular complexity index is 1120. The molecule has 2 heterocycles. The van der Waals surface area contributed by atoms with Gasteiger partial charge in [-0.05, 0) is 17.7 Å². The Morgan fingerprint density at radius 3 is 2.55 bits per heavy atom. The van der Waals surface area contributed by atoms with E-state index in [2.05, 4.69) is 4.98 Å². The summed E-state index contributed by atoms with van der Waals surface area (Å²) in [5.41, 5.74) is 2.70. The van der Waals surface area contributed by atoms with Crippen LogP contribution in [0.25, 0.3) is 10.6 Å². The Labute approximate surface area is 173 Å². The van der Waals surface area contributed by atoms with Crippen molar-refractivity contribution in [1.29, 1.82) is 0 Å². The van der Waals surface area contributed by atoms with Crippen LogP contribution in [0.1, 0.15) is 16.1 Å². The predicted octanol–water partition coefficient (Wildman–Crippen LogP) is 3.91. The van der Waals surface area contributed by atoms with Gasteiger partial charge in [-0.3, -0.25) is 0 Å². The average Bonchev–Trinajstić information content (AvgIpc) is 3.15. The Kier molecular flexibility index (Phi) is 5.38. The van der Waals surface area contributed by atoms with Crippen LogP contribution in [0.2, 0.25) is 0 Å². The van der Waals surface area contributed by atoms with Gasteiger partial charge in [-0.25, -0.2) is 18.2 Å². The quantitative estimate of drug-likeness (QED) is 0.630. The minimum absolute atomic E-state index is 0.248. The molecule has 1 aliphatic heterocycles. The summed E-state index contributed by atoms with van der Waals surface area (Å²) in [6.45, 7) is 1.26. The molecule has 0 N–H and O–H groups in total. The SMILES string of the molecule is CS(=O)(=O)c1ccc(-c2nc3c(s2)CCN(C(=O)OCc2ccccc2)C3)cc1. The predicted molar refractivity (Wildman–Crippen MR) is 111 cm³/mol. The highest BCUT2D eigenvalue weighted by molar-refractivity contribution is 7.90. The van der Waals surface area contributed by atoms with Gasteiger partial charge < -0.3 is 9.64 Å². The lowest BCUT2D eigenvalue weighted by molar-refractivity contribution is 0.0916. The molecule has 0 fully saturated rings. The number of fused-ring (bicyclic) bond motifs is 1. The fourth-order valence-corrected chi connectivity index (χ4v) is 4.83. The van der Waals surface area contributed by atoms with Gasteiger partial charge in [0, 0.05) is 29.7 Å². The molecule has 0 saturated carbocycles. The minimum atomic E-state index is -3.22. The first-order valence-electron chi connectivity index (χ1n) is 9.15. The Balaban J connectivity index is 1.44. The molecular weight excluding hydrogens is 408 g/mol. The summed E-state index contributed by atoms with van der Waals surface area (Å²) in [5, 5.41) is 0.828. The summed E-state index contributed by atoms with van der Waals surface area (Å²) >= 11 is 1.59. The van der Waals surface area contributed by atoms with Gasteiger partial charge in [-0.2, -0.15) is 0 Å². The molecule has 8 heteroatoms. The van der Waals surface area contributed by atoms with Crippen LogP contribution in [0.4, 0.5) is 4.79 Å². The van der Waals surface area contributed by atoms with Crippen molar-refractivity contribution in [3.8, 4) is 10.6 Å². The molecule has 0 radical (unpaired) electrons. The third kappa shape index (κ3) is 4.49. The van der Waals surface area contributed by atoms with E-state index in [0.29, 0.717) is 13.1 Å². The Morgan fingerprint density at radius 1 is 1.14 bits per heavy atom. The molecule has 4 rings (SSSR count). The van der Waals surface area contributed by atoms with Crippen molar-refractivity contribution in [3.05, 3.63) is 70.7 Å². The van der Waals surface area contributed by atoms with Crippen LogP contribution in [-0.2, 0) is 34.1 Å². The van der Waals surface area contributed by atoms with Gasteiger partial charge in [0.25, 0.3) is 0 Å². The number of carbonyl (C=O) groups excluding carboxylic acids is 1. The number of nitrogens with zero attached hydrogens (tertiary/aromatic N) is 2. The van der Waals surface area contributed by atoms with Crippen molar-refractivity contribution < 1.29 is 17.9 Å². The van der Waals surface area contributed by atoms with E-state index in [9.17, 15) is 13.2 Å². The molecule has 150 valence electrons. The van der Waals surface area contributed by atoms with Crippen LogP contribution >= 0.6 is 11.3 Å². The minimum Gasteiger partial charge on any atom is -0.445 e. The number of hydrogen-bond acceptors (Lipinski definition) is 6. The van der Waals surface area contributed by atoms with Gasteiger partial charge in [0.1, 0.15) is 11.6 Å². The smallest absolute Gasteiger partial charge is 0.410 e. The molecule has 1 aliphatic rings. The molecule has 2 aromatic carbocycles. The van der Waals surface area contributed by atoms with E-state index in [1.54, 1.807) is 40.5 Å². The molecule has 29 heavy (non-hydrogen) atoms. The van der Waals surface area contributed by atoms with Crippen molar-refractivity contribution >= 4 is 27.3 Å². The highest BCUT2D eigenvalue weighted by atomic mass is 32.2. The lowest BCUT2D eigenvalue weighted by Crippen LogP contribution is -2.36. The first-order chi connectivity index (χ1) is 13.9. The zero-order valence-electron chi connectivity index (χ0n) is 15.9. The summed E-state index contributed by atoms with van der Waals surface area (Å²) in [7, 11) is -3.22. The molecule has 6 nitrogen and oxygen atoms in total. The van der Waals surface area contributed by atoms with Crippen LogP contribution in [0.15, 0.2) is 59.5 Å². The van der Waals surface area contributed by atoms with Crippen LogP contribution < -0.4 is 0 Å². The lowest BCUT2D eigenvalue weighted by atomic mass is 10.2. The number of sulfone groups is 1. The molecule has 0 saturated heterocycles. The van der Waals surface area contributed by atoms with Crippen LogP contribution in [0, 0.1) is 0 Å². The maximum Gasteiger partial charge on any atom is 0.410 e. The molecule has 0 spiro atoms. The summed E-state index contributed by atoms with van der Waals surface area (Å²) in [5.74, 6) is 0. The van der Waals surface area contributed by atoms with Crippen molar-refractivity contribution in [3.63, 3.8) is 0 Å². The fraction of sp³-hybridized carbons (Fsp3) is 0.238. The normalized spacial score (nSPS) is 13.8. The van der Waals surface area contributed by atoms with E-state index in [0.717, 1.165) is 33.1 Å². The molecule has 1 aromatic heterocycles. The van der Waals surface area contributed by atoms with Gasteiger partial charge in [0.2, 0.25) is 0 Å². The first kappa shape index (κ1) is 19.6. The monoisotopic (exact) mass is 428 g/mol. The zero-order valence-corrected chi connectivity index (χ0v) is 17.5. The number of ether oxygens (including phenoxy) is 1. The van der Waals surface area contributed by atoms with E-state index in [1.807, 2.05) is 30.3 Å². The number of amides is 1. The van der Waals surface area contributed by atoms with Crippen LogP contribution in [0.3, 0.4) is 0 Å². The zero-order chi connectivity index (χ0) is 20.4. The highest BCUT2D eigenvalue weighted by Crippen LogP contribution is 2.32. The number of rotatable bonds is 4. The third-order valence-corrected chi connectivity index (χ3v) is 7.06. The highest BCUT2D eigenvalue weighted by Gasteiger charge is 2.25. The molecule has 0 aliphatic carbocycles.